The van der Waals surface area contributed by atoms with Crippen molar-refractivity contribution in [1.82, 2.24) is 5.32 Å². The molecule has 2 aromatic rings. The first-order valence-electron chi connectivity index (χ1n) is 7.94. The van der Waals surface area contributed by atoms with Gasteiger partial charge in [0.05, 0.1) is 16.7 Å². The summed E-state index contributed by atoms with van der Waals surface area (Å²) in [5.74, 6) is 0.425. The van der Waals surface area contributed by atoms with Gasteiger partial charge < -0.3 is 5.32 Å². The van der Waals surface area contributed by atoms with E-state index in [1.807, 2.05) is 55.5 Å². The number of hydrogen-bond acceptors (Lipinski definition) is 3. The monoisotopic (exact) mass is 368 g/mol. The van der Waals surface area contributed by atoms with E-state index < -0.39 is 0 Å². The van der Waals surface area contributed by atoms with Gasteiger partial charge in [0.2, 0.25) is 5.91 Å². The first-order chi connectivity index (χ1) is 12.1. The third-order valence-electron chi connectivity index (χ3n) is 4.13. The third kappa shape index (κ3) is 4.25. The van der Waals surface area contributed by atoms with E-state index >= 15 is 0 Å². The molecule has 1 unspecified atom stereocenters. The van der Waals surface area contributed by atoms with Crippen LogP contribution in [0.15, 0.2) is 59.1 Å². The van der Waals surface area contributed by atoms with Gasteiger partial charge in [-0.2, -0.15) is 5.26 Å². The maximum absolute atomic E-state index is 12.2. The Bertz CT molecular complexity index is 851. The maximum atomic E-state index is 12.2. The number of rotatable bonds is 4. The molecule has 1 heterocycles. The van der Waals surface area contributed by atoms with Crippen LogP contribution in [-0.2, 0) is 10.5 Å². The molecular weight excluding hydrogens is 352 g/mol. The SMILES string of the molecule is Cc1ccc(C2CC(=O)NC(SCc3ccc(Cl)cc3)=C2C#N)cc1. The van der Waals surface area contributed by atoms with E-state index in [2.05, 4.69) is 11.4 Å². The predicted molar refractivity (Wildman–Crippen MR) is 102 cm³/mol. The summed E-state index contributed by atoms with van der Waals surface area (Å²) in [7, 11) is 0. The van der Waals surface area contributed by atoms with Crippen LogP contribution in [0.25, 0.3) is 0 Å². The van der Waals surface area contributed by atoms with Crippen molar-refractivity contribution in [2.45, 2.75) is 25.0 Å². The summed E-state index contributed by atoms with van der Waals surface area (Å²) in [6.07, 6.45) is 0.303. The average Bonchev–Trinajstić information content (AvgIpc) is 2.61. The highest BCUT2D eigenvalue weighted by Crippen LogP contribution is 2.36. The average molecular weight is 369 g/mol. The van der Waals surface area contributed by atoms with E-state index in [0.717, 1.165) is 16.7 Å². The molecule has 0 spiro atoms. The van der Waals surface area contributed by atoms with Crippen LogP contribution < -0.4 is 5.32 Å². The highest BCUT2D eigenvalue weighted by atomic mass is 35.5. The number of aryl methyl sites for hydroxylation is 1. The third-order valence-corrected chi connectivity index (χ3v) is 5.47. The molecule has 0 fully saturated rings. The summed E-state index contributed by atoms with van der Waals surface area (Å²) in [5, 5.41) is 13.9. The van der Waals surface area contributed by atoms with Crippen molar-refractivity contribution < 1.29 is 4.79 Å². The van der Waals surface area contributed by atoms with Crippen molar-refractivity contribution in [1.29, 1.82) is 5.26 Å². The van der Waals surface area contributed by atoms with Gasteiger partial charge in [-0.25, -0.2) is 0 Å². The number of carbonyl (C=O) groups is 1. The second-order valence-corrected chi connectivity index (χ2v) is 7.41. The van der Waals surface area contributed by atoms with Gasteiger partial charge in [0.1, 0.15) is 0 Å². The van der Waals surface area contributed by atoms with Crippen molar-refractivity contribution in [3.8, 4) is 6.07 Å². The predicted octanol–water partition coefficient (Wildman–Crippen LogP) is 4.92. The lowest BCUT2D eigenvalue weighted by molar-refractivity contribution is -0.120. The largest absolute Gasteiger partial charge is 0.320 e. The van der Waals surface area contributed by atoms with Gasteiger partial charge in [-0.15, -0.1) is 11.8 Å². The summed E-state index contributed by atoms with van der Waals surface area (Å²) in [6.45, 7) is 2.02. The number of nitrogens with zero attached hydrogens (tertiary/aromatic N) is 1. The summed E-state index contributed by atoms with van der Waals surface area (Å²) in [5.41, 5.74) is 3.87. The molecule has 1 aliphatic heterocycles. The van der Waals surface area contributed by atoms with E-state index in [-0.39, 0.29) is 11.8 Å². The Labute approximate surface area is 156 Å². The fourth-order valence-electron chi connectivity index (χ4n) is 2.75. The molecule has 1 N–H and O–H groups in total. The Balaban J connectivity index is 1.86. The summed E-state index contributed by atoms with van der Waals surface area (Å²) in [6, 6.07) is 17.9. The zero-order valence-electron chi connectivity index (χ0n) is 13.8. The van der Waals surface area contributed by atoms with E-state index in [1.54, 1.807) is 0 Å². The number of thioether (sulfide) groups is 1. The lowest BCUT2D eigenvalue weighted by Gasteiger charge is -2.25. The molecule has 3 nitrogen and oxygen atoms in total. The van der Waals surface area contributed by atoms with Crippen LogP contribution in [0.5, 0.6) is 0 Å². The molecule has 2 aromatic carbocycles. The molecule has 1 amide bonds. The van der Waals surface area contributed by atoms with Gasteiger partial charge in [-0.3, -0.25) is 4.79 Å². The number of carbonyl (C=O) groups excluding carboxylic acids is 1. The number of hydrogen-bond donors (Lipinski definition) is 1. The minimum atomic E-state index is -0.188. The van der Waals surface area contributed by atoms with Crippen molar-refractivity contribution in [3.63, 3.8) is 0 Å². The lowest BCUT2D eigenvalue weighted by atomic mass is 9.87. The van der Waals surface area contributed by atoms with Crippen LogP contribution in [0.1, 0.15) is 29.0 Å². The minimum absolute atomic E-state index is 0.0526. The highest BCUT2D eigenvalue weighted by Gasteiger charge is 2.29. The normalized spacial score (nSPS) is 17.2. The molecule has 0 saturated heterocycles. The molecule has 0 aromatic heterocycles. The summed E-state index contributed by atoms with van der Waals surface area (Å²) in [4.78, 5) is 12.2. The summed E-state index contributed by atoms with van der Waals surface area (Å²) >= 11 is 7.38. The van der Waals surface area contributed by atoms with Gasteiger partial charge in [0.15, 0.2) is 0 Å². The molecule has 0 bridgehead atoms. The van der Waals surface area contributed by atoms with Crippen LogP contribution in [0.4, 0.5) is 0 Å². The highest BCUT2D eigenvalue weighted by molar-refractivity contribution is 8.02. The zero-order chi connectivity index (χ0) is 17.8. The molecule has 1 atom stereocenters. The molecule has 1 aliphatic rings. The molecule has 0 radical (unpaired) electrons. The second-order valence-electron chi connectivity index (χ2n) is 5.99. The number of amides is 1. The van der Waals surface area contributed by atoms with Gasteiger partial charge in [-0.05, 0) is 30.2 Å². The molecular formula is C20H17ClN2OS. The van der Waals surface area contributed by atoms with E-state index in [0.29, 0.717) is 27.8 Å². The smallest absolute Gasteiger partial charge is 0.225 e. The second kappa shape index (κ2) is 7.77. The summed E-state index contributed by atoms with van der Waals surface area (Å²) < 4.78 is 0. The standard InChI is InChI=1S/C20H17ClN2OS/c1-13-2-6-15(7-3-13)17-10-19(24)23-20(18(17)11-22)25-12-14-4-8-16(21)9-5-14/h2-9,17H,10,12H2,1H3,(H,23,24). The minimum Gasteiger partial charge on any atom is -0.320 e. The quantitative estimate of drug-likeness (QED) is 0.833. The Kier molecular flexibility index (Phi) is 5.47. The van der Waals surface area contributed by atoms with Crippen LogP contribution in [0.2, 0.25) is 5.02 Å². The maximum Gasteiger partial charge on any atom is 0.225 e. The van der Waals surface area contributed by atoms with Gasteiger partial charge in [-0.1, -0.05) is 53.6 Å². The van der Waals surface area contributed by atoms with Crippen LogP contribution >= 0.6 is 23.4 Å². The Morgan fingerprint density at radius 3 is 2.52 bits per heavy atom. The number of nitriles is 1. The van der Waals surface area contributed by atoms with Crippen molar-refractivity contribution in [3.05, 3.63) is 80.8 Å². The number of allylic oxidation sites excluding steroid dienone is 1. The van der Waals surface area contributed by atoms with Crippen molar-refractivity contribution >= 4 is 29.3 Å². The van der Waals surface area contributed by atoms with Gasteiger partial charge >= 0.3 is 0 Å². The van der Waals surface area contributed by atoms with Crippen molar-refractivity contribution in [2.75, 3.05) is 0 Å². The van der Waals surface area contributed by atoms with Gasteiger partial charge in [0, 0.05) is 23.1 Å². The number of nitrogens with one attached hydrogen (secondary N) is 1. The first-order valence-corrected chi connectivity index (χ1v) is 9.31. The fourth-order valence-corrected chi connectivity index (χ4v) is 3.91. The fraction of sp³-hybridized carbons (Fsp3) is 0.200. The number of benzene rings is 2. The van der Waals surface area contributed by atoms with Gasteiger partial charge in [0.25, 0.3) is 0 Å². The van der Waals surface area contributed by atoms with E-state index in [4.69, 9.17) is 11.6 Å². The number of halogens is 1. The molecule has 25 heavy (non-hydrogen) atoms. The van der Waals surface area contributed by atoms with Crippen LogP contribution in [0, 0.1) is 18.3 Å². The molecule has 0 aliphatic carbocycles. The zero-order valence-corrected chi connectivity index (χ0v) is 15.3. The topological polar surface area (TPSA) is 52.9 Å². The van der Waals surface area contributed by atoms with Crippen LogP contribution in [0.3, 0.4) is 0 Å². The van der Waals surface area contributed by atoms with E-state index in [1.165, 1.54) is 11.8 Å². The first kappa shape index (κ1) is 17.6. The molecule has 3 rings (SSSR count). The Morgan fingerprint density at radius 1 is 1.20 bits per heavy atom. The lowest BCUT2D eigenvalue weighted by Crippen LogP contribution is -2.30. The van der Waals surface area contributed by atoms with Crippen LogP contribution in [-0.4, -0.2) is 5.91 Å². The Morgan fingerprint density at radius 2 is 1.88 bits per heavy atom. The van der Waals surface area contributed by atoms with E-state index in [9.17, 15) is 10.1 Å². The molecule has 0 saturated carbocycles. The Hall–Kier alpha value is -2.22. The molecule has 5 heteroatoms. The van der Waals surface area contributed by atoms with Crippen molar-refractivity contribution in [2.24, 2.45) is 0 Å². The molecule has 126 valence electrons.